The van der Waals surface area contributed by atoms with Crippen LogP contribution >= 0.6 is 11.3 Å². The van der Waals surface area contributed by atoms with Crippen LogP contribution in [0, 0.1) is 18.6 Å². The van der Waals surface area contributed by atoms with E-state index in [4.69, 9.17) is 0 Å². The molecule has 0 saturated carbocycles. The fourth-order valence-electron chi connectivity index (χ4n) is 1.48. The van der Waals surface area contributed by atoms with Crippen molar-refractivity contribution in [2.45, 2.75) is 13.1 Å². The molecule has 0 spiro atoms. The third-order valence-electron chi connectivity index (χ3n) is 2.38. The number of aromatic nitrogens is 1. The number of nitrogens with one attached hydrogen (secondary N) is 1. The first-order valence-electron chi connectivity index (χ1n) is 5.55. The number of alkyl halides is 3. The fraction of sp³-hybridized carbons (Fsp3) is 0.167. The molecule has 1 N–H and O–H groups in total. The average Bonchev–Trinajstić information content (AvgIpc) is 2.78. The SMILES string of the molecule is Cc1csc(NN=Cc2cc(F)c(F)cc2C(F)(F)F)n1. The molecule has 0 aliphatic rings. The van der Waals surface area contributed by atoms with E-state index in [-0.39, 0.29) is 6.07 Å². The first-order chi connectivity index (χ1) is 9.77. The summed E-state index contributed by atoms with van der Waals surface area (Å²) < 4.78 is 64.2. The predicted octanol–water partition coefficient (Wildman–Crippen LogP) is 4.19. The van der Waals surface area contributed by atoms with Crippen LogP contribution in [-0.4, -0.2) is 11.2 Å². The molecule has 0 bridgehead atoms. The zero-order chi connectivity index (χ0) is 15.6. The van der Waals surface area contributed by atoms with E-state index in [9.17, 15) is 22.0 Å². The van der Waals surface area contributed by atoms with Gasteiger partial charge in [-0.25, -0.2) is 13.8 Å². The Morgan fingerprint density at radius 3 is 2.48 bits per heavy atom. The maximum atomic E-state index is 13.1. The number of hydrogen-bond donors (Lipinski definition) is 1. The summed E-state index contributed by atoms with van der Waals surface area (Å²) >= 11 is 1.21. The lowest BCUT2D eigenvalue weighted by Crippen LogP contribution is -2.11. The number of thiazole rings is 1. The van der Waals surface area contributed by atoms with Crippen LogP contribution in [0.1, 0.15) is 16.8 Å². The molecule has 21 heavy (non-hydrogen) atoms. The summed E-state index contributed by atoms with van der Waals surface area (Å²) in [7, 11) is 0. The molecule has 0 amide bonds. The van der Waals surface area contributed by atoms with E-state index >= 15 is 0 Å². The lowest BCUT2D eigenvalue weighted by atomic mass is 10.1. The third-order valence-corrected chi connectivity index (χ3v) is 3.25. The number of benzene rings is 1. The number of hydrogen-bond acceptors (Lipinski definition) is 4. The van der Waals surface area contributed by atoms with Gasteiger partial charge in [-0.2, -0.15) is 18.3 Å². The summed E-state index contributed by atoms with van der Waals surface area (Å²) in [6.07, 6.45) is -4.05. The molecule has 3 nitrogen and oxygen atoms in total. The molecule has 1 aromatic carbocycles. The maximum absolute atomic E-state index is 13.1. The second-order valence-corrected chi connectivity index (χ2v) is 4.87. The van der Waals surface area contributed by atoms with Gasteiger partial charge in [0.15, 0.2) is 11.6 Å². The second-order valence-electron chi connectivity index (χ2n) is 4.02. The Hall–Kier alpha value is -2.03. The Morgan fingerprint density at radius 1 is 1.24 bits per heavy atom. The molecule has 9 heteroatoms. The van der Waals surface area contributed by atoms with Gasteiger partial charge in [-0.3, -0.25) is 5.43 Å². The third kappa shape index (κ3) is 3.75. The largest absolute Gasteiger partial charge is 0.417 e. The van der Waals surface area contributed by atoms with Gasteiger partial charge in [-0.05, 0) is 19.1 Å². The van der Waals surface area contributed by atoms with E-state index in [1.165, 1.54) is 11.3 Å². The zero-order valence-corrected chi connectivity index (χ0v) is 11.3. The minimum absolute atomic E-state index is 0.101. The Kier molecular flexibility index (Phi) is 4.21. The molecular weight excluding hydrogens is 313 g/mol. The van der Waals surface area contributed by atoms with Crippen molar-refractivity contribution in [2.75, 3.05) is 5.43 Å². The van der Waals surface area contributed by atoms with E-state index in [0.29, 0.717) is 11.2 Å². The van der Waals surface area contributed by atoms with Crippen molar-refractivity contribution >= 4 is 22.7 Å². The Balaban J connectivity index is 2.28. The van der Waals surface area contributed by atoms with Crippen LogP contribution < -0.4 is 5.43 Å². The summed E-state index contributed by atoms with van der Waals surface area (Å²) in [6, 6.07) is 0.542. The standard InChI is InChI=1S/C12H8F5N3S/c1-6-5-21-11(19-6)20-18-4-7-2-9(13)10(14)3-8(7)12(15,16)17/h2-5H,1H3,(H,19,20). The summed E-state index contributed by atoms with van der Waals surface area (Å²) in [5.74, 6) is -2.95. The van der Waals surface area contributed by atoms with E-state index in [1.807, 2.05) is 0 Å². The summed E-state index contributed by atoms with van der Waals surface area (Å²) in [6.45, 7) is 1.74. The second kappa shape index (κ2) is 5.76. The summed E-state index contributed by atoms with van der Waals surface area (Å²) in [5, 5.41) is 5.65. The number of anilines is 1. The molecule has 2 rings (SSSR count). The van der Waals surface area contributed by atoms with E-state index in [2.05, 4.69) is 15.5 Å². The van der Waals surface area contributed by atoms with Crippen molar-refractivity contribution in [3.05, 3.63) is 46.0 Å². The molecule has 0 unspecified atom stereocenters. The van der Waals surface area contributed by atoms with Gasteiger partial charge >= 0.3 is 6.18 Å². The highest BCUT2D eigenvalue weighted by molar-refractivity contribution is 7.13. The van der Waals surface area contributed by atoms with E-state index < -0.39 is 28.9 Å². The fourth-order valence-corrected chi connectivity index (χ4v) is 2.11. The highest BCUT2D eigenvalue weighted by Crippen LogP contribution is 2.32. The maximum Gasteiger partial charge on any atom is 0.417 e. The van der Waals surface area contributed by atoms with Gasteiger partial charge in [0.1, 0.15) is 0 Å². The van der Waals surface area contributed by atoms with Gasteiger partial charge < -0.3 is 0 Å². The minimum atomic E-state index is -4.81. The van der Waals surface area contributed by atoms with Gasteiger partial charge in [0.05, 0.1) is 17.5 Å². The van der Waals surface area contributed by atoms with Crippen molar-refractivity contribution in [1.29, 1.82) is 0 Å². The normalized spacial score (nSPS) is 12.1. The predicted molar refractivity (Wildman–Crippen MR) is 69.4 cm³/mol. The van der Waals surface area contributed by atoms with E-state index in [1.54, 1.807) is 12.3 Å². The first-order valence-corrected chi connectivity index (χ1v) is 6.43. The van der Waals surface area contributed by atoms with Crippen molar-refractivity contribution in [1.82, 2.24) is 4.98 Å². The Bertz CT molecular complexity index is 678. The monoisotopic (exact) mass is 321 g/mol. The van der Waals surface area contributed by atoms with Gasteiger partial charge in [-0.1, -0.05) is 0 Å². The molecule has 2 aromatic rings. The molecule has 0 aliphatic heterocycles. The average molecular weight is 321 g/mol. The number of nitrogens with zero attached hydrogens (tertiary/aromatic N) is 2. The van der Waals surface area contributed by atoms with Crippen LogP contribution in [0.15, 0.2) is 22.6 Å². The van der Waals surface area contributed by atoms with Crippen LogP contribution in [0.2, 0.25) is 0 Å². The number of rotatable bonds is 3. The summed E-state index contributed by atoms with van der Waals surface area (Å²) in [5.41, 5.74) is 1.26. The highest BCUT2D eigenvalue weighted by atomic mass is 32.1. The number of hydrazone groups is 1. The first kappa shape index (κ1) is 15.4. The molecule has 112 valence electrons. The molecule has 0 saturated heterocycles. The number of halogens is 5. The van der Waals surface area contributed by atoms with Crippen molar-refractivity contribution in [3.8, 4) is 0 Å². The molecule has 1 heterocycles. The minimum Gasteiger partial charge on any atom is -0.253 e. The van der Waals surface area contributed by atoms with Crippen molar-refractivity contribution in [3.63, 3.8) is 0 Å². The topological polar surface area (TPSA) is 37.3 Å². The summed E-state index contributed by atoms with van der Waals surface area (Å²) in [4.78, 5) is 3.98. The molecule has 0 atom stereocenters. The van der Waals surface area contributed by atoms with Gasteiger partial charge in [0, 0.05) is 10.9 Å². The van der Waals surface area contributed by atoms with Crippen molar-refractivity contribution < 1.29 is 22.0 Å². The van der Waals surface area contributed by atoms with Crippen molar-refractivity contribution in [2.24, 2.45) is 5.10 Å². The molecule has 0 radical (unpaired) electrons. The van der Waals surface area contributed by atoms with Crippen LogP contribution in [-0.2, 0) is 6.18 Å². The van der Waals surface area contributed by atoms with E-state index in [0.717, 1.165) is 11.9 Å². The van der Waals surface area contributed by atoms with Crippen LogP contribution in [0.5, 0.6) is 0 Å². The lowest BCUT2D eigenvalue weighted by Gasteiger charge is -2.10. The van der Waals surface area contributed by atoms with Gasteiger partial charge in [0.25, 0.3) is 0 Å². The van der Waals surface area contributed by atoms with Gasteiger partial charge in [-0.15, -0.1) is 11.3 Å². The smallest absolute Gasteiger partial charge is 0.253 e. The van der Waals surface area contributed by atoms with Gasteiger partial charge in [0.2, 0.25) is 5.13 Å². The highest BCUT2D eigenvalue weighted by Gasteiger charge is 2.34. The molecule has 0 aliphatic carbocycles. The lowest BCUT2D eigenvalue weighted by molar-refractivity contribution is -0.137. The number of aryl methyl sites for hydroxylation is 1. The Morgan fingerprint density at radius 2 is 1.90 bits per heavy atom. The molecular formula is C12H8F5N3S. The Labute approximate surface area is 120 Å². The molecule has 0 fully saturated rings. The van der Waals surface area contributed by atoms with Crippen LogP contribution in [0.4, 0.5) is 27.1 Å². The quantitative estimate of drug-likeness (QED) is 0.523. The molecule has 1 aromatic heterocycles. The zero-order valence-electron chi connectivity index (χ0n) is 10.5. The van der Waals surface area contributed by atoms with Crippen LogP contribution in [0.3, 0.4) is 0 Å². The van der Waals surface area contributed by atoms with Crippen LogP contribution in [0.25, 0.3) is 0 Å².